The van der Waals surface area contributed by atoms with Gasteiger partial charge in [0, 0.05) is 42.2 Å². The molecule has 51 heavy (non-hydrogen) atoms. The van der Waals surface area contributed by atoms with Crippen LogP contribution in [-0.4, -0.2) is 16.7 Å². The fraction of sp³-hybridized carbons (Fsp3) is 0.0217. The molecule has 0 saturated heterocycles. The van der Waals surface area contributed by atoms with Gasteiger partial charge in [-0.25, -0.2) is 9.98 Å². The van der Waals surface area contributed by atoms with Gasteiger partial charge in [-0.05, 0) is 45.7 Å². The maximum Gasteiger partial charge on any atom is 0.157 e. The normalized spacial score (nSPS) is 12.3. The van der Waals surface area contributed by atoms with E-state index in [9.17, 15) is 0 Å². The summed E-state index contributed by atoms with van der Waals surface area (Å²) in [5.74, 6) is 1.05. The number of rotatable bonds is 6. The molecule has 2 aromatic heterocycles. The number of fused-ring (bicyclic) bond motifs is 7. The SMILES string of the molecule is NC(=NC(=NCc1ccc(-c2cccc(-c3nc4ccc5ccccc5c4c4sc5ccccc5c34)c2)cc1)c1ccccc1)c1ccccc1. The summed E-state index contributed by atoms with van der Waals surface area (Å²) >= 11 is 1.86. The highest BCUT2D eigenvalue weighted by Gasteiger charge is 2.18. The molecule has 0 saturated carbocycles. The number of aromatic nitrogens is 1. The number of pyridine rings is 1. The first kappa shape index (κ1) is 30.6. The van der Waals surface area contributed by atoms with Crippen molar-refractivity contribution in [2.45, 2.75) is 6.54 Å². The molecule has 0 aliphatic heterocycles. The van der Waals surface area contributed by atoms with E-state index in [1.165, 1.54) is 36.3 Å². The molecule has 9 rings (SSSR count). The summed E-state index contributed by atoms with van der Waals surface area (Å²) in [5.41, 5.74) is 14.7. The van der Waals surface area contributed by atoms with Gasteiger partial charge in [0.25, 0.3) is 0 Å². The summed E-state index contributed by atoms with van der Waals surface area (Å²) in [6.45, 7) is 0.481. The summed E-state index contributed by atoms with van der Waals surface area (Å²) in [6, 6.07) is 58.8. The number of nitrogens with zero attached hydrogens (tertiary/aromatic N) is 3. The Balaban J connectivity index is 1.08. The molecule has 0 fully saturated rings. The van der Waals surface area contributed by atoms with Crippen LogP contribution in [0.1, 0.15) is 16.7 Å². The Morgan fingerprint density at radius 3 is 2.06 bits per heavy atom. The van der Waals surface area contributed by atoms with Gasteiger partial charge in [-0.3, -0.25) is 4.99 Å². The average Bonchev–Trinajstić information content (AvgIpc) is 3.59. The zero-order chi connectivity index (χ0) is 34.1. The van der Waals surface area contributed by atoms with Gasteiger partial charge in [0.2, 0.25) is 0 Å². The van der Waals surface area contributed by atoms with Crippen LogP contribution in [0.2, 0.25) is 0 Å². The Kier molecular flexibility index (Phi) is 7.88. The van der Waals surface area contributed by atoms with Gasteiger partial charge < -0.3 is 5.73 Å². The Morgan fingerprint density at radius 1 is 0.569 bits per heavy atom. The number of hydrogen-bond donors (Lipinski definition) is 1. The van der Waals surface area contributed by atoms with Gasteiger partial charge >= 0.3 is 0 Å². The van der Waals surface area contributed by atoms with Crippen molar-refractivity contribution >= 4 is 64.9 Å². The molecule has 5 heteroatoms. The molecule has 0 radical (unpaired) electrons. The quantitative estimate of drug-likeness (QED) is 0.109. The molecule has 0 atom stereocenters. The van der Waals surface area contributed by atoms with Crippen molar-refractivity contribution in [2.24, 2.45) is 15.7 Å². The molecule has 4 nitrogen and oxygen atoms in total. The third-order valence-electron chi connectivity index (χ3n) is 9.36. The van der Waals surface area contributed by atoms with Crippen molar-refractivity contribution in [3.05, 3.63) is 187 Å². The minimum Gasteiger partial charge on any atom is -0.383 e. The molecule has 9 aromatic rings. The van der Waals surface area contributed by atoms with Crippen LogP contribution in [-0.2, 0) is 6.54 Å². The second-order valence-corrected chi connectivity index (χ2v) is 13.6. The molecule has 0 amide bonds. The fourth-order valence-electron chi connectivity index (χ4n) is 6.81. The van der Waals surface area contributed by atoms with Crippen LogP contribution < -0.4 is 5.73 Å². The van der Waals surface area contributed by atoms with E-state index in [0.717, 1.165) is 44.6 Å². The minimum absolute atomic E-state index is 0.440. The molecule has 2 N–H and O–H groups in total. The Morgan fingerprint density at radius 2 is 1.25 bits per heavy atom. The van der Waals surface area contributed by atoms with Crippen LogP contribution in [0, 0.1) is 0 Å². The van der Waals surface area contributed by atoms with Gasteiger partial charge in [0.05, 0.1) is 17.8 Å². The second kappa shape index (κ2) is 13.1. The number of hydrogen-bond acceptors (Lipinski definition) is 3. The lowest BCUT2D eigenvalue weighted by atomic mass is 9.97. The lowest BCUT2D eigenvalue weighted by molar-refractivity contribution is 1.06. The van der Waals surface area contributed by atoms with E-state index in [1.807, 2.05) is 72.0 Å². The van der Waals surface area contributed by atoms with Gasteiger partial charge in [-0.2, -0.15) is 0 Å². The fourth-order valence-corrected chi connectivity index (χ4v) is 8.09. The Labute approximate surface area is 299 Å². The molecule has 0 aliphatic carbocycles. The maximum absolute atomic E-state index is 6.41. The van der Waals surface area contributed by atoms with E-state index in [1.54, 1.807) is 0 Å². The number of aliphatic imine (C=N–C) groups is 2. The van der Waals surface area contributed by atoms with Crippen molar-refractivity contribution in [1.82, 2.24) is 4.98 Å². The summed E-state index contributed by atoms with van der Waals surface area (Å²) < 4.78 is 2.56. The average molecular weight is 673 g/mol. The monoisotopic (exact) mass is 672 g/mol. The van der Waals surface area contributed by atoms with E-state index >= 15 is 0 Å². The second-order valence-electron chi connectivity index (χ2n) is 12.6. The molecule has 7 aromatic carbocycles. The lowest BCUT2D eigenvalue weighted by Crippen LogP contribution is -2.16. The van der Waals surface area contributed by atoms with E-state index in [0.29, 0.717) is 18.2 Å². The van der Waals surface area contributed by atoms with Crippen LogP contribution in [0.3, 0.4) is 0 Å². The van der Waals surface area contributed by atoms with Crippen LogP contribution in [0.5, 0.6) is 0 Å². The number of nitrogens with two attached hydrogens (primary N) is 1. The molecule has 242 valence electrons. The van der Waals surface area contributed by atoms with Crippen molar-refractivity contribution in [2.75, 3.05) is 0 Å². The van der Waals surface area contributed by atoms with Crippen molar-refractivity contribution in [3.8, 4) is 22.4 Å². The van der Waals surface area contributed by atoms with Gasteiger partial charge in [-0.15, -0.1) is 11.3 Å². The first-order valence-electron chi connectivity index (χ1n) is 17.0. The van der Waals surface area contributed by atoms with E-state index in [2.05, 4.69) is 109 Å². The first-order chi connectivity index (χ1) is 25.2. The smallest absolute Gasteiger partial charge is 0.157 e. The topological polar surface area (TPSA) is 63.6 Å². The molecule has 0 bridgehead atoms. The van der Waals surface area contributed by atoms with Gasteiger partial charge in [0.15, 0.2) is 5.84 Å². The van der Waals surface area contributed by atoms with E-state index in [-0.39, 0.29) is 0 Å². The molecular formula is C46H32N4S. The molecule has 0 spiro atoms. The number of thiophene rings is 1. The summed E-state index contributed by atoms with van der Waals surface area (Å²) in [4.78, 5) is 15.0. The van der Waals surface area contributed by atoms with Crippen molar-refractivity contribution < 1.29 is 0 Å². The minimum atomic E-state index is 0.440. The first-order valence-corrected chi connectivity index (χ1v) is 17.8. The third-order valence-corrected chi connectivity index (χ3v) is 10.5. The van der Waals surface area contributed by atoms with Crippen LogP contribution in [0.15, 0.2) is 180 Å². The van der Waals surface area contributed by atoms with Crippen molar-refractivity contribution in [1.29, 1.82) is 0 Å². The highest BCUT2D eigenvalue weighted by Crippen LogP contribution is 2.45. The number of amidine groups is 2. The zero-order valence-corrected chi connectivity index (χ0v) is 28.5. The largest absolute Gasteiger partial charge is 0.383 e. The summed E-state index contributed by atoms with van der Waals surface area (Å²) in [7, 11) is 0. The zero-order valence-electron chi connectivity index (χ0n) is 27.7. The van der Waals surface area contributed by atoms with Crippen LogP contribution in [0.25, 0.3) is 64.2 Å². The molecule has 0 unspecified atom stereocenters. The van der Waals surface area contributed by atoms with Crippen LogP contribution in [0.4, 0.5) is 0 Å². The number of benzene rings is 7. The Hall–Kier alpha value is -6.43. The van der Waals surface area contributed by atoms with Gasteiger partial charge in [-0.1, -0.05) is 152 Å². The standard InChI is InChI=1S/C46H32N4S/c47-45(33-13-3-1-4-14-33)50-46(34-15-5-2-6-16-34)48-29-30-22-24-31(25-23-30)35-17-11-18-36(28-35)43-42-38-20-9-10-21-40(38)51-44(42)41-37-19-8-7-12-32(37)26-27-39(41)49-43/h1-28H,29H2,(H2,47,48,50). The van der Waals surface area contributed by atoms with E-state index in [4.69, 9.17) is 20.7 Å². The predicted molar refractivity (Wildman–Crippen MR) is 217 cm³/mol. The predicted octanol–water partition coefficient (Wildman–Crippen LogP) is 11.4. The highest BCUT2D eigenvalue weighted by atomic mass is 32.1. The summed E-state index contributed by atoms with van der Waals surface area (Å²) in [6.07, 6.45) is 0. The third kappa shape index (κ3) is 5.84. The van der Waals surface area contributed by atoms with E-state index < -0.39 is 0 Å². The molecule has 0 aliphatic rings. The Bertz CT molecular complexity index is 2760. The maximum atomic E-state index is 6.41. The van der Waals surface area contributed by atoms with Crippen LogP contribution >= 0.6 is 11.3 Å². The van der Waals surface area contributed by atoms with Crippen molar-refractivity contribution in [3.63, 3.8) is 0 Å². The summed E-state index contributed by atoms with van der Waals surface area (Å²) in [5, 5.41) is 6.16. The lowest BCUT2D eigenvalue weighted by Gasteiger charge is -2.11. The molecule has 2 heterocycles. The molecular weight excluding hydrogens is 641 g/mol. The highest BCUT2D eigenvalue weighted by molar-refractivity contribution is 7.27. The van der Waals surface area contributed by atoms with Gasteiger partial charge in [0.1, 0.15) is 5.84 Å².